The van der Waals surface area contributed by atoms with Gasteiger partial charge in [-0.3, -0.25) is 0 Å². The SMILES string of the molecule is CC#CCCC(N)CCSC. The molecule has 0 aromatic rings. The molecule has 1 atom stereocenters. The van der Waals surface area contributed by atoms with E-state index in [1.807, 2.05) is 18.7 Å². The number of hydrogen-bond acceptors (Lipinski definition) is 2. The van der Waals surface area contributed by atoms with E-state index in [4.69, 9.17) is 5.73 Å². The molecule has 0 fully saturated rings. The summed E-state index contributed by atoms with van der Waals surface area (Å²) in [6, 6.07) is 0.350. The van der Waals surface area contributed by atoms with Crippen molar-refractivity contribution in [2.24, 2.45) is 5.73 Å². The zero-order chi connectivity index (χ0) is 8.53. The summed E-state index contributed by atoms with van der Waals surface area (Å²) in [6.45, 7) is 1.87. The topological polar surface area (TPSA) is 26.0 Å². The third-order valence-corrected chi connectivity index (χ3v) is 2.15. The molecule has 2 heteroatoms. The van der Waals surface area contributed by atoms with Crippen molar-refractivity contribution in [1.82, 2.24) is 0 Å². The van der Waals surface area contributed by atoms with Crippen molar-refractivity contribution in [3.63, 3.8) is 0 Å². The smallest absolute Gasteiger partial charge is 0.0103 e. The Morgan fingerprint density at radius 3 is 2.73 bits per heavy atom. The zero-order valence-electron chi connectivity index (χ0n) is 7.39. The molecule has 1 nitrogen and oxygen atoms in total. The molecular weight excluding hydrogens is 154 g/mol. The van der Waals surface area contributed by atoms with Gasteiger partial charge in [0.2, 0.25) is 0 Å². The number of thioether (sulfide) groups is 1. The second kappa shape index (κ2) is 7.97. The van der Waals surface area contributed by atoms with Crippen LogP contribution in [-0.4, -0.2) is 18.1 Å². The van der Waals surface area contributed by atoms with E-state index >= 15 is 0 Å². The van der Waals surface area contributed by atoms with E-state index in [1.54, 1.807) is 0 Å². The molecule has 0 saturated heterocycles. The van der Waals surface area contributed by atoms with Crippen LogP contribution in [0, 0.1) is 11.8 Å². The van der Waals surface area contributed by atoms with Crippen molar-refractivity contribution >= 4 is 11.8 Å². The third-order valence-electron chi connectivity index (χ3n) is 1.51. The minimum absolute atomic E-state index is 0.350. The van der Waals surface area contributed by atoms with E-state index < -0.39 is 0 Å². The van der Waals surface area contributed by atoms with Crippen LogP contribution in [0.25, 0.3) is 0 Å². The number of rotatable bonds is 5. The van der Waals surface area contributed by atoms with Gasteiger partial charge in [0.05, 0.1) is 0 Å². The Balaban J connectivity index is 3.19. The molecule has 0 radical (unpaired) electrons. The highest BCUT2D eigenvalue weighted by atomic mass is 32.2. The van der Waals surface area contributed by atoms with E-state index in [9.17, 15) is 0 Å². The molecule has 0 aliphatic heterocycles. The normalized spacial score (nSPS) is 11.9. The molecule has 11 heavy (non-hydrogen) atoms. The van der Waals surface area contributed by atoms with Crippen molar-refractivity contribution < 1.29 is 0 Å². The van der Waals surface area contributed by atoms with E-state index in [0.29, 0.717) is 6.04 Å². The Morgan fingerprint density at radius 2 is 2.18 bits per heavy atom. The first-order valence-corrected chi connectivity index (χ1v) is 5.34. The molecule has 1 unspecified atom stereocenters. The molecule has 0 spiro atoms. The Hall–Kier alpha value is -0.130. The summed E-state index contributed by atoms with van der Waals surface area (Å²) >= 11 is 1.85. The quantitative estimate of drug-likeness (QED) is 0.639. The van der Waals surface area contributed by atoms with Crippen molar-refractivity contribution in [3.05, 3.63) is 0 Å². The van der Waals surface area contributed by atoms with Crippen LogP contribution in [0.5, 0.6) is 0 Å². The lowest BCUT2D eigenvalue weighted by Crippen LogP contribution is -2.20. The molecule has 0 amide bonds. The molecule has 0 aliphatic rings. The maximum absolute atomic E-state index is 5.82. The largest absolute Gasteiger partial charge is 0.328 e. The first kappa shape index (κ1) is 10.9. The standard InChI is InChI=1S/C9H17NS/c1-3-4-5-6-9(10)7-8-11-2/h9H,5-8,10H2,1-2H3. The Kier molecular flexibility index (Phi) is 7.88. The maximum atomic E-state index is 5.82. The van der Waals surface area contributed by atoms with Crippen LogP contribution in [0.4, 0.5) is 0 Å². The van der Waals surface area contributed by atoms with E-state index in [-0.39, 0.29) is 0 Å². The average Bonchev–Trinajstić information content (AvgIpc) is 2.01. The lowest BCUT2D eigenvalue weighted by molar-refractivity contribution is 0.612. The van der Waals surface area contributed by atoms with Gasteiger partial charge in [0, 0.05) is 12.5 Å². The highest BCUT2D eigenvalue weighted by molar-refractivity contribution is 7.98. The van der Waals surface area contributed by atoms with Crippen LogP contribution < -0.4 is 5.73 Å². The van der Waals surface area contributed by atoms with E-state index in [1.165, 1.54) is 5.75 Å². The van der Waals surface area contributed by atoms with Gasteiger partial charge in [0.15, 0.2) is 0 Å². The predicted octanol–water partition coefficient (Wildman–Crippen LogP) is 1.87. The van der Waals surface area contributed by atoms with Crippen LogP contribution in [0.3, 0.4) is 0 Å². The van der Waals surface area contributed by atoms with Gasteiger partial charge in [-0.25, -0.2) is 0 Å². The summed E-state index contributed by atoms with van der Waals surface area (Å²) in [6.07, 6.45) is 5.22. The van der Waals surface area contributed by atoms with Crippen LogP contribution in [-0.2, 0) is 0 Å². The van der Waals surface area contributed by atoms with Gasteiger partial charge in [0.25, 0.3) is 0 Å². The van der Waals surface area contributed by atoms with Gasteiger partial charge >= 0.3 is 0 Å². The molecule has 0 aliphatic carbocycles. The molecule has 2 N–H and O–H groups in total. The molecule has 0 aromatic carbocycles. The first-order chi connectivity index (χ1) is 5.31. The van der Waals surface area contributed by atoms with Crippen molar-refractivity contribution in [3.8, 4) is 11.8 Å². The van der Waals surface area contributed by atoms with Crippen LogP contribution in [0.15, 0.2) is 0 Å². The summed E-state index contributed by atoms with van der Waals surface area (Å²) in [5.74, 6) is 7.05. The number of hydrogen-bond donors (Lipinski definition) is 1. The molecule has 0 rings (SSSR count). The zero-order valence-corrected chi connectivity index (χ0v) is 8.21. The van der Waals surface area contributed by atoms with Crippen molar-refractivity contribution in [1.29, 1.82) is 0 Å². The predicted molar refractivity (Wildman–Crippen MR) is 53.7 cm³/mol. The van der Waals surface area contributed by atoms with Gasteiger partial charge in [-0.05, 0) is 31.8 Å². The molecule has 0 saturated carbocycles. The Morgan fingerprint density at radius 1 is 1.45 bits per heavy atom. The molecule has 0 aromatic heterocycles. The van der Waals surface area contributed by atoms with Gasteiger partial charge in [-0.1, -0.05) is 0 Å². The number of nitrogens with two attached hydrogens (primary N) is 1. The minimum atomic E-state index is 0.350. The van der Waals surface area contributed by atoms with Gasteiger partial charge in [-0.15, -0.1) is 11.8 Å². The summed E-state index contributed by atoms with van der Waals surface area (Å²) in [7, 11) is 0. The summed E-state index contributed by atoms with van der Waals surface area (Å²) in [5.41, 5.74) is 5.82. The first-order valence-electron chi connectivity index (χ1n) is 3.95. The summed E-state index contributed by atoms with van der Waals surface area (Å²) in [4.78, 5) is 0. The lowest BCUT2D eigenvalue weighted by Gasteiger charge is -2.07. The molecule has 0 bridgehead atoms. The highest BCUT2D eigenvalue weighted by Crippen LogP contribution is 2.03. The fraction of sp³-hybridized carbons (Fsp3) is 0.778. The Bertz CT molecular complexity index is 134. The highest BCUT2D eigenvalue weighted by Gasteiger charge is 1.99. The summed E-state index contributed by atoms with van der Waals surface area (Å²) in [5, 5.41) is 0. The lowest BCUT2D eigenvalue weighted by atomic mass is 10.1. The molecule has 0 heterocycles. The fourth-order valence-corrected chi connectivity index (χ4v) is 1.33. The second-order valence-electron chi connectivity index (χ2n) is 2.51. The molecule has 64 valence electrons. The van der Waals surface area contributed by atoms with Crippen molar-refractivity contribution in [2.45, 2.75) is 32.2 Å². The van der Waals surface area contributed by atoms with Gasteiger partial charge in [0.1, 0.15) is 0 Å². The average molecular weight is 171 g/mol. The van der Waals surface area contributed by atoms with E-state index in [0.717, 1.165) is 19.3 Å². The molecular formula is C9H17NS. The summed E-state index contributed by atoms with van der Waals surface area (Å²) < 4.78 is 0. The maximum Gasteiger partial charge on any atom is 0.0103 e. The van der Waals surface area contributed by atoms with Crippen LogP contribution in [0.2, 0.25) is 0 Å². The Labute approximate surface area is 74.1 Å². The minimum Gasteiger partial charge on any atom is -0.328 e. The third kappa shape index (κ3) is 7.77. The monoisotopic (exact) mass is 171 g/mol. The fourth-order valence-electron chi connectivity index (χ4n) is 0.796. The second-order valence-corrected chi connectivity index (χ2v) is 3.49. The van der Waals surface area contributed by atoms with Crippen molar-refractivity contribution in [2.75, 3.05) is 12.0 Å². The van der Waals surface area contributed by atoms with Gasteiger partial charge in [-0.2, -0.15) is 11.8 Å². The van der Waals surface area contributed by atoms with E-state index in [2.05, 4.69) is 18.1 Å². The van der Waals surface area contributed by atoms with Gasteiger partial charge < -0.3 is 5.73 Å². The van der Waals surface area contributed by atoms with Crippen LogP contribution >= 0.6 is 11.8 Å². The van der Waals surface area contributed by atoms with Crippen LogP contribution in [0.1, 0.15) is 26.2 Å².